The maximum Gasteiger partial charge on any atom is 0.165 e. The van der Waals surface area contributed by atoms with E-state index in [0.717, 1.165) is 56.8 Å². The summed E-state index contributed by atoms with van der Waals surface area (Å²) < 4.78 is 33.6. The molecule has 0 amide bonds. The number of aryl methyl sites for hydroxylation is 1. The summed E-state index contributed by atoms with van der Waals surface area (Å²) in [6.07, 6.45) is 6.57. The van der Waals surface area contributed by atoms with Gasteiger partial charge in [0.05, 0.1) is 12.7 Å². The van der Waals surface area contributed by atoms with Crippen LogP contribution in [0, 0.1) is 12.7 Å². The second-order valence-electron chi connectivity index (χ2n) is 9.01. The molecule has 0 radical (unpaired) electrons. The molecular weight excluding hydrogens is 433 g/mol. The lowest BCUT2D eigenvalue weighted by molar-refractivity contribution is -0.0548. The molecule has 1 aromatic heterocycles. The molecule has 34 heavy (non-hydrogen) atoms. The van der Waals surface area contributed by atoms with Crippen LogP contribution in [-0.4, -0.2) is 53.7 Å². The van der Waals surface area contributed by atoms with E-state index in [2.05, 4.69) is 22.1 Å². The van der Waals surface area contributed by atoms with Gasteiger partial charge in [-0.3, -0.25) is 9.58 Å². The zero-order chi connectivity index (χ0) is 23.8. The highest BCUT2D eigenvalue weighted by Crippen LogP contribution is 2.29. The Hall–Kier alpha value is -2.90. The molecule has 7 heteroatoms. The molecule has 0 spiro atoms. The molecule has 0 aliphatic carbocycles. The van der Waals surface area contributed by atoms with Crippen molar-refractivity contribution in [2.75, 3.05) is 33.4 Å². The summed E-state index contributed by atoms with van der Waals surface area (Å²) in [6.45, 7) is 6.39. The number of aromatic nitrogens is 2. The number of hydrogen-bond donors (Lipinski definition) is 0. The number of rotatable bonds is 10. The van der Waals surface area contributed by atoms with Crippen molar-refractivity contribution < 1.29 is 18.6 Å². The average molecular weight is 468 g/mol. The lowest BCUT2D eigenvalue weighted by Gasteiger charge is -2.31. The third kappa shape index (κ3) is 6.58. The molecule has 0 N–H and O–H groups in total. The first-order valence-corrected chi connectivity index (χ1v) is 11.9. The zero-order valence-corrected chi connectivity index (χ0v) is 20.1. The van der Waals surface area contributed by atoms with Crippen molar-refractivity contribution in [3.63, 3.8) is 0 Å². The van der Waals surface area contributed by atoms with Crippen LogP contribution in [0.1, 0.15) is 30.4 Å². The van der Waals surface area contributed by atoms with Crippen LogP contribution in [0.5, 0.6) is 11.5 Å². The van der Waals surface area contributed by atoms with Crippen LogP contribution in [0.2, 0.25) is 0 Å². The van der Waals surface area contributed by atoms with Crippen LogP contribution in [-0.2, 0) is 17.8 Å². The lowest BCUT2D eigenvalue weighted by Crippen LogP contribution is -2.39. The fraction of sp³-hybridized carbons (Fsp3) is 0.444. The van der Waals surface area contributed by atoms with Crippen molar-refractivity contribution in [3.8, 4) is 11.5 Å². The van der Waals surface area contributed by atoms with Crippen molar-refractivity contribution in [1.29, 1.82) is 0 Å². The van der Waals surface area contributed by atoms with Crippen molar-refractivity contribution in [2.24, 2.45) is 0 Å². The van der Waals surface area contributed by atoms with E-state index in [1.165, 1.54) is 11.6 Å². The molecule has 1 aliphatic rings. The Morgan fingerprint density at radius 3 is 2.74 bits per heavy atom. The van der Waals surface area contributed by atoms with Crippen LogP contribution in [0.15, 0.2) is 60.9 Å². The Kier molecular flexibility index (Phi) is 8.19. The summed E-state index contributed by atoms with van der Waals surface area (Å²) in [6, 6.07) is 14.8. The Morgan fingerprint density at radius 1 is 1.06 bits per heavy atom. The van der Waals surface area contributed by atoms with Gasteiger partial charge in [0, 0.05) is 26.4 Å². The topological polar surface area (TPSA) is 48.8 Å². The quantitative estimate of drug-likeness (QED) is 0.426. The Balaban J connectivity index is 1.29. The molecule has 0 unspecified atom stereocenters. The standard InChI is InChI=1S/C27H34FN3O3/c1-22-18-29-31(19-22)15-16-33-24-8-5-7-23(17-24)20-30-13-6-11-27(32-2,12-14-30)21-34-26-10-4-3-9-25(26)28/h3-5,7-10,17-19H,6,11-16,20-21H2,1-2H3/t27-/m0/s1. The molecule has 3 aromatic rings. The molecular formula is C27H34FN3O3. The van der Waals surface area contributed by atoms with Gasteiger partial charge >= 0.3 is 0 Å². The van der Waals surface area contributed by atoms with Crippen LogP contribution < -0.4 is 9.47 Å². The van der Waals surface area contributed by atoms with E-state index in [4.69, 9.17) is 14.2 Å². The number of ether oxygens (including phenoxy) is 3. The molecule has 182 valence electrons. The van der Waals surface area contributed by atoms with E-state index < -0.39 is 5.60 Å². The highest BCUT2D eigenvalue weighted by Gasteiger charge is 2.34. The number of likely N-dealkylation sites (tertiary alicyclic amines) is 1. The minimum absolute atomic E-state index is 0.277. The molecule has 0 bridgehead atoms. The lowest BCUT2D eigenvalue weighted by atomic mass is 9.95. The normalized spacial score (nSPS) is 19.0. The first-order valence-electron chi connectivity index (χ1n) is 11.9. The van der Waals surface area contributed by atoms with Gasteiger partial charge < -0.3 is 14.2 Å². The molecule has 1 atom stereocenters. The molecule has 4 rings (SSSR count). The van der Waals surface area contributed by atoms with Gasteiger partial charge in [-0.05, 0) is 68.1 Å². The van der Waals surface area contributed by atoms with E-state index in [1.54, 1.807) is 25.3 Å². The van der Waals surface area contributed by atoms with Gasteiger partial charge in [-0.2, -0.15) is 5.10 Å². The molecule has 1 fully saturated rings. The number of benzene rings is 2. The second-order valence-corrected chi connectivity index (χ2v) is 9.01. The third-order valence-electron chi connectivity index (χ3n) is 6.41. The molecule has 2 aromatic carbocycles. The van der Waals surface area contributed by atoms with Gasteiger partial charge in [-0.15, -0.1) is 0 Å². The van der Waals surface area contributed by atoms with E-state index in [0.29, 0.717) is 13.2 Å². The number of para-hydroxylation sites is 1. The van der Waals surface area contributed by atoms with Gasteiger partial charge in [0.1, 0.15) is 24.6 Å². The highest BCUT2D eigenvalue weighted by atomic mass is 19.1. The summed E-state index contributed by atoms with van der Waals surface area (Å²) in [7, 11) is 1.73. The summed E-state index contributed by atoms with van der Waals surface area (Å²) in [5.41, 5.74) is 1.96. The largest absolute Gasteiger partial charge is 0.492 e. The molecule has 1 saturated heterocycles. The van der Waals surface area contributed by atoms with Gasteiger partial charge in [0.2, 0.25) is 0 Å². The first kappa shape index (κ1) is 24.2. The van der Waals surface area contributed by atoms with Crippen LogP contribution in [0.3, 0.4) is 0 Å². The zero-order valence-electron chi connectivity index (χ0n) is 20.1. The molecule has 2 heterocycles. The second kappa shape index (κ2) is 11.5. The fourth-order valence-corrected chi connectivity index (χ4v) is 4.40. The minimum Gasteiger partial charge on any atom is -0.492 e. The molecule has 0 saturated carbocycles. The molecule has 6 nitrogen and oxygen atoms in total. The molecule has 1 aliphatic heterocycles. The van der Waals surface area contributed by atoms with Gasteiger partial charge in [0.25, 0.3) is 0 Å². The Morgan fingerprint density at radius 2 is 1.94 bits per heavy atom. The predicted molar refractivity (Wildman–Crippen MR) is 130 cm³/mol. The van der Waals surface area contributed by atoms with Crippen LogP contribution in [0.25, 0.3) is 0 Å². The Labute approximate surface area is 201 Å². The first-order chi connectivity index (χ1) is 16.5. The maximum atomic E-state index is 14.0. The smallest absolute Gasteiger partial charge is 0.165 e. The minimum atomic E-state index is -0.410. The SMILES string of the molecule is CO[C@@]1(COc2ccccc2F)CCCN(Cc2cccc(OCCn3cc(C)cn3)c2)CC1. The van der Waals surface area contributed by atoms with Gasteiger partial charge in [0.15, 0.2) is 11.6 Å². The number of methoxy groups -OCH3 is 1. The van der Waals surface area contributed by atoms with Crippen LogP contribution >= 0.6 is 0 Å². The Bertz CT molecular complexity index is 1060. The van der Waals surface area contributed by atoms with E-state index in [9.17, 15) is 4.39 Å². The monoisotopic (exact) mass is 467 g/mol. The van der Waals surface area contributed by atoms with Crippen LogP contribution in [0.4, 0.5) is 4.39 Å². The third-order valence-corrected chi connectivity index (χ3v) is 6.41. The van der Waals surface area contributed by atoms with Crippen molar-refractivity contribution in [1.82, 2.24) is 14.7 Å². The fourth-order valence-electron chi connectivity index (χ4n) is 4.40. The number of halogens is 1. The predicted octanol–water partition coefficient (Wildman–Crippen LogP) is 4.86. The maximum absolute atomic E-state index is 14.0. The average Bonchev–Trinajstić information content (AvgIpc) is 3.15. The van der Waals surface area contributed by atoms with Gasteiger partial charge in [-0.1, -0.05) is 24.3 Å². The number of nitrogens with zero attached hydrogens (tertiary/aromatic N) is 3. The summed E-state index contributed by atoms with van der Waals surface area (Å²) in [5, 5.41) is 4.30. The summed E-state index contributed by atoms with van der Waals surface area (Å²) in [5.74, 6) is 0.811. The van der Waals surface area contributed by atoms with Crippen molar-refractivity contribution >= 4 is 0 Å². The van der Waals surface area contributed by atoms with Gasteiger partial charge in [-0.25, -0.2) is 4.39 Å². The summed E-state index contributed by atoms with van der Waals surface area (Å²) in [4.78, 5) is 2.44. The summed E-state index contributed by atoms with van der Waals surface area (Å²) >= 11 is 0. The van der Waals surface area contributed by atoms with E-state index >= 15 is 0 Å². The highest BCUT2D eigenvalue weighted by molar-refractivity contribution is 5.28. The number of hydrogen-bond acceptors (Lipinski definition) is 5. The van der Waals surface area contributed by atoms with E-state index in [1.807, 2.05) is 36.1 Å². The van der Waals surface area contributed by atoms with Crippen molar-refractivity contribution in [2.45, 2.75) is 44.9 Å². The van der Waals surface area contributed by atoms with Crippen molar-refractivity contribution in [3.05, 3.63) is 77.9 Å². The van der Waals surface area contributed by atoms with E-state index in [-0.39, 0.29) is 11.6 Å².